The molecule has 0 aromatic carbocycles. The molecular formula is C8H17W-. The summed E-state index contributed by atoms with van der Waals surface area (Å²) < 4.78 is 0. The van der Waals surface area contributed by atoms with Crippen molar-refractivity contribution in [2.75, 3.05) is 0 Å². The number of unbranched alkanes of at least 4 members (excludes halogenated alkanes) is 1. The normalized spacial score (nSPS) is 12.3. The molecule has 0 aromatic heterocycles. The Bertz CT molecular complexity index is 43.8. The van der Waals surface area contributed by atoms with Gasteiger partial charge in [0.1, 0.15) is 0 Å². The molecule has 1 heteroatoms. The first-order valence-corrected chi connectivity index (χ1v) is 3.60. The molecule has 0 unspecified atom stereocenters. The van der Waals surface area contributed by atoms with Gasteiger partial charge in [0.2, 0.25) is 0 Å². The number of hydrogen-bond donors (Lipinski definition) is 0. The van der Waals surface area contributed by atoms with Crippen LogP contribution in [0.3, 0.4) is 0 Å². The molecule has 0 radical (unpaired) electrons. The van der Waals surface area contributed by atoms with Crippen LogP contribution in [0.25, 0.3) is 0 Å². The van der Waals surface area contributed by atoms with Crippen molar-refractivity contribution in [2.45, 2.75) is 39.5 Å². The van der Waals surface area contributed by atoms with Crippen LogP contribution in [-0.4, -0.2) is 0 Å². The Balaban J connectivity index is 0. The Morgan fingerprint density at radius 2 is 2.00 bits per heavy atom. The summed E-state index contributed by atoms with van der Waals surface area (Å²) in [6.45, 7) is 8.34. The third kappa shape index (κ3) is 8.69. The van der Waals surface area contributed by atoms with Crippen molar-refractivity contribution >= 4 is 0 Å². The van der Waals surface area contributed by atoms with Crippen molar-refractivity contribution in [3.8, 4) is 0 Å². The van der Waals surface area contributed by atoms with Gasteiger partial charge in [0.15, 0.2) is 0 Å². The van der Waals surface area contributed by atoms with Gasteiger partial charge in [0, 0.05) is 21.1 Å². The molecule has 0 aliphatic rings. The standard InChI is InChI=1S/C8H17.W/c1-4-6-7-8(3)5-2;/h8H,1,4-7H2,2-3H3;/q-1;/t8-;/m1./s1. The van der Waals surface area contributed by atoms with Crippen LogP contribution >= 0.6 is 0 Å². The van der Waals surface area contributed by atoms with E-state index in [1.165, 1.54) is 19.3 Å². The van der Waals surface area contributed by atoms with Gasteiger partial charge in [0.05, 0.1) is 0 Å². The molecule has 9 heavy (non-hydrogen) atoms. The van der Waals surface area contributed by atoms with Crippen LogP contribution in [0.4, 0.5) is 0 Å². The predicted molar refractivity (Wildman–Crippen MR) is 38.7 cm³/mol. The molecule has 0 fully saturated rings. The van der Waals surface area contributed by atoms with Gasteiger partial charge in [-0.25, -0.2) is 0 Å². The molecule has 1 atom stereocenters. The van der Waals surface area contributed by atoms with Gasteiger partial charge < -0.3 is 6.92 Å². The van der Waals surface area contributed by atoms with Crippen LogP contribution in [0, 0.1) is 12.8 Å². The molecule has 0 saturated heterocycles. The fourth-order valence-corrected chi connectivity index (χ4v) is 0.697. The Labute approximate surface area is 73.7 Å². The predicted octanol–water partition coefficient (Wildman–Crippen LogP) is 3.03. The van der Waals surface area contributed by atoms with E-state index in [2.05, 4.69) is 20.8 Å². The van der Waals surface area contributed by atoms with E-state index >= 15 is 0 Å². The van der Waals surface area contributed by atoms with Gasteiger partial charge in [-0.2, -0.15) is 6.42 Å². The summed E-state index contributed by atoms with van der Waals surface area (Å²) in [7, 11) is 0. The summed E-state index contributed by atoms with van der Waals surface area (Å²) in [5, 5.41) is 0. The van der Waals surface area contributed by atoms with Crippen molar-refractivity contribution in [1.82, 2.24) is 0 Å². The van der Waals surface area contributed by atoms with Gasteiger partial charge in [0.25, 0.3) is 0 Å². The molecule has 0 aliphatic carbocycles. The van der Waals surface area contributed by atoms with Crippen LogP contribution in [0.2, 0.25) is 0 Å². The monoisotopic (exact) mass is 297 g/mol. The van der Waals surface area contributed by atoms with Gasteiger partial charge in [-0.3, -0.25) is 0 Å². The first-order valence-electron chi connectivity index (χ1n) is 3.60. The second-order valence-corrected chi connectivity index (χ2v) is 2.51. The van der Waals surface area contributed by atoms with E-state index in [-0.39, 0.29) is 21.1 Å². The molecule has 0 aromatic rings. The van der Waals surface area contributed by atoms with Gasteiger partial charge in [-0.15, -0.1) is 0 Å². The molecule has 0 saturated carbocycles. The van der Waals surface area contributed by atoms with E-state index in [1.807, 2.05) is 0 Å². The Morgan fingerprint density at radius 3 is 2.33 bits per heavy atom. The van der Waals surface area contributed by atoms with E-state index in [4.69, 9.17) is 0 Å². The average Bonchev–Trinajstić information content (AvgIpc) is 1.83. The zero-order valence-corrected chi connectivity index (χ0v) is 9.45. The van der Waals surface area contributed by atoms with Gasteiger partial charge in [-0.05, 0) is 5.92 Å². The third-order valence-corrected chi connectivity index (χ3v) is 1.64. The SMILES string of the molecule is [CH2-]CCC[C@H](C)CC.[W]. The summed E-state index contributed by atoms with van der Waals surface area (Å²) in [5.74, 6) is 0.914. The minimum Gasteiger partial charge on any atom is -0.343 e. The van der Waals surface area contributed by atoms with E-state index in [0.717, 1.165) is 12.3 Å². The summed E-state index contributed by atoms with van der Waals surface area (Å²) in [6.07, 6.45) is 5.08. The minimum absolute atomic E-state index is 0. The number of hydrogen-bond acceptors (Lipinski definition) is 0. The van der Waals surface area contributed by atoms with E-state index in [0.29, 0.717) is 0 Å². The van der Waals surface area contributed by atoms with Crippen molar-refractivity contribution in [3.05, 3.63) is 6.92 Å². The van der Waals surface area contributed by atoms with Crippen LogP contribution in [-0.2, 0) is 21.1 Å². The van der Waals surface area contributed by atoms with E-state index in [1.54, 1.807) is 0 Å². The van der Waals surface area contributed by atoms with Crippen molar-refractivity contribution in [1.29, 1.82) is 0 Å². The van der Waals surface area contributed by atoms with E-state index < -0.39 is 0 Å². The quantitative estimate of drug-likeness (QED) is 0.700. The maximum absolute atomic E-state index is 3.79. The zero-order chi connectivity index (χ0) is 6.41. The van der Waals surface area contributed by atoms with Crippen molar-refractivity contribution < 1.29 is 21.1 Å². The molecule has 0 bridgehead atoms. The maximum Gasteiger partial charge on any atom is 0 e. The topological polar surface area (TPSA) is 0 Å². The fourth-order valence-electron chi connectivity index (χ4n) is 0.697. The minimum atomic E-state index is 0. The second-order valence-electron chi connectivity index (χ2n) is 2.51. The summed E-state index contributed by atoms with van der Waals surface area (Å²) in [6, 6.07) is 0. The fraction of sp³-hybridized carbons (Fsp3) is 0.875. The number of rotatable bonds is 4. The van der Waals surface area contributed by atoms with Crippen LogP contribution in [0.5, 0.6) is 0 Å². The summed E-state index contributed by atoms with van der Waals surface area (Å²) in [4.78, 5) is 0. The Hall–Kier alpha value is 0.688. The van der Waals surface area contributed by atoms with Gasteiger partial charge >= 0.3 is 0 Å². The first kappa shape index (κ1) is 12.4. The third-order valence-electron chi connectivity index (χ3n) is 1.64. The average molecular weight is 297 g/mol. The van der Waals surface area contributed by atoms with Crippen molar-refractivity contribution in [2.24, 2.45) is 5.92 Å². The van der Waals surface area contributed by atoms with Crippen LogP contribution < -0.4 is 0 Å². The molecule has 56 valence electrons. The van der Waals surface area contributed by atoms with E-state index in [9.17, 15) is 0 Å². The summed E-state index contributed by atoms with van der Waals surface area (Å²) in [5.41, 5.74) is 0. The Morgan fingerprint density at radius 1 is 1.44 bits per heavy atom. The van der Waals surface area contributed by atoms with Crippen molar-refractivity contribution in [3.63, 3.8) is 0 Å². The van der Waals surface area contributed by atoms with Crippen LogP contribution in [0.1, 0.15) is 39.5 Å². The molecule has 0 N–H and O–H groups in total. The first-order chi connectivity index (χ1) is 3.81. The smallest absolute Gasteiger partial charge is 0 e. The second kappa shape index (κ2) is 8.69. The van der Waals surface area contributed by atoms with Crippen LogP contribution in [0.15, 0.2) is 0 Å². The summed E-state index contributed by atoms with van der Waals surface area (Å²) >= 11 is 0. The molecule has 0 amide bonds. The Kier molecular flexibility index (Phi) is 11.9. The largest absolute Gasteiger partial charge is 0.343 e. The molecular weight excluding hydrogens is 280 g/mol. The zero-order valence-electron chi connectivity index (χ0n) is 6.52. The molecule has 0 rings (SSSR count). The van der Waals surface area contributed by atoms with Gasteiger partial charge in [-0.1, -0.05) is 33.1 Å². The maximum atomic E-state index is 3.79. The molecule has 0 nitrogen and oxygen atoms in total. The molecule has 0 heterocycles. The molecule has 0 aliphatic heterocycles. The molecule has 0 spiro atoms.